The predicted molar refractivity (Wildman–Crippen MR) is 53.4 cm³/mol. The minimum atomic E-state index is 0.367. The number of nitrogens with one attached hydrogen (secondary N) is 1. The van der Waals surface area contributed by atoms with E-state index in [4.69, 9.17) is 4.74 Å². The molecule has 0 bridgehead atoms. The largest absolute Gasteiger partial charge is 0.379 e. The van der Waals surface area contributed by atoms with Gasteiger partial charge in [0.25, 0.3) is 0 Å². The lowest BCUT2D eigenvalue weighted by Crippen LogP contribution is -2.15. The summed E-state index contributed by atoms with van der Waals surface area (Å²) in [6.45, 7) is 10.6. The molecule has 0 aliphatic carbocycles. The molecule has 0 spiro atoms. The van der Waals surface area contributed by atoms with E-state index in [1.54, 1.807) is 0 Å². The Kier molecular flexibility index (Phi) is 8.51. The second kappa shape index (κ2) is 8.75. The van der Waals surface area contributed by atoms with Crippen LogP contribution in [0.15, 0.2) is 12.7 Å². The Morgan fingerprint density at radius 1 is 1.42 bits per heavy atom. The highest BCUT2D eigenvalue weighted by atomic mass is 16.5. The first kappa shape index (κ1) is 11.7. The normalized spacial score (nSPS) is 10.6. The van der Waals surface area contributed by atoms with E-state index in [1.807, 2.05) is 6.08 Å². The summed E-state index contributed by atoms with van der Waals surface area (Å²) in [5, 5.41) is 3.25. The molecule has 12 heavy (non-hydrogen) atoms. The van der Waals surface area contributed by atoms with Crippen molar-refractivity contribution in [1.82, 2.24) is 5.32 Å². The SMILES string of the molecule is C=CCNCCCCOC(C)C. The van der Waals surface area contributed by atoms with Gasteiger partial charge in [-0.3, -0.25) is 0 Å². The summed E-state index contributed by atoms with van der Waals surface area (Å²) in [6, 6.07) is 0. The lowest BCUT2D eigenvalue weighted by atomic mass is 10.3. The summed E-state index contributed by atoms with van der Waals surface area (Å²) < 4.78 is 5.40. The van der Waals surface area contributed by atoms with Gasteiger partial charge < -0.3 is 10.1 Å². The van der Waals surface area contributed by atoms with E-state index in [1.165, 1.54) is 6.42 Å². The second-order valence-corrected chi connectivity index (χ2v) is 3.12. The fourth-order valence-electron chi connectivity index (χ4n) is 0.875. The van der Waals surface area contributed by atoms with Crippen LogP contribution in [0.2, 0.25) is 0 Å². The van der Waals surface area contributed by atoms with Crippen LogP contribution in [-0.4, -0.2) is 25.8 Å². The van der Waals surface area contributed by atoms with E-state index in [9.17, 15) is 0 Å². The van der Waals surface area contributed by atoms with E-state index < -0.39 is 0 Å². The van der Waals surface area contributed by atoms with Gasteiger partial charge in [-0.2, -0.15) is 0 Å². The van der Waals surface area contributed by atoms with E-state index >= 15 is 0 Å². The summed E-state index contributed by atoms with van der Waals surface area (Å²) in [4.78, 5) is 0. The number of hydrogen-bond acceptors (Lipinski definition) is 2. The number of rotatable bonds is 8. The molecule has 0 radical (unpaired) electrons. The van der Waals surface area contributed by atoms with Gasteiger partial charge in [0.1, 0.15) is 0 Å². The molecule has 0 aromatic rings. The zero-order valence-electron chi connectivity index (χ0n) is 8.31. The molecular weight excluding hydrogens is 150 g/mol. The van der Waals surface area contributed by atoms with Crippen molar-refractivity contribution >= 4 is 0 Å². The van der Waals surface area contributed by atoms with Crippen LogP contribution in [0.25, 0.3) is 0 Å². The number of hydrogen-bond donors (Lipinski definition) is 1. The Balaban J connectivity index is 2.86. The Bertz CT molecular complexity index is 102. The Morgan fingerprint density at radius 2 is 2.17 bits per heavy atom. The summed E-state index contributed by atoms with van der Waals surface area (Å²) in [5.41, 5.74) is 0. The van der Waals surface area contributed by atoms with E-state index in [2.05, 4.69) is 25.7 Å². The highest BCUT2D eigenvalue weighted by molar-refractivity contribution is 4.69. The van der Waals surface area contributed by atoms with Crippen LogP contribution in [0, 0.1) is 0 Å². The van der Waals surface area contributed by atoms with Crippen LogP contribution >= 0.6 is 0 Å². The van der Waals surface area contributed by atoms with Gasteiger partial charge in [0.05, 0.1) is 6.10 Å². The second-order valence-electron chi connectivity index (χ2n) is 3.12. The monoisotopic (exact) mass is 171 g/mol. The molecule has 0 rings (SSSR count). The van der Waals surface area contributed by atoms with Crippen molar-refractivity contribution in [2.45, 2.75) is 32.8 Å². The zero-order valence-corrected chi connectivity index (χ0v) is 8.31. The first-order valence-electron chi connectivity index (χ1n) is 4.70. The van der Waals surface area contributed by atoms with E-state index in [0.29, 0.717) is 6.10 Å². The minimum absolute atomic E-state index is 0.367. The van der Waals surface area contributed by atoms with Gasteiger partial charge >= 0.3 is 0 Å². The first-order chi connectivity index (χ1) is 5.77. The summed E-state index contributed by atoms with van der Waals surface area (Å²) >= 11 is 0. The minimum Gasteiger partial charge on any atom is -0.379 e. The molecule has 0 heterocycles. The van der Waals surface area contributed by atoms with Crippen molar-refractivity contribution in [3.63, 3.8) is 0 Å². The highest BCUT2D eigenvalue weighted by Gasteiger charge is 1.92. The van der Waals surface area contributed by atoms with Crippen LogP contribution in [0.3, 0.4) is 0 Å². The number of ether oxygens (including phenoxy) is 1. The fraction of sp³-hybridized carbons (Fsp3) is 0.800. The van der Waals surface area contributed by atoms with Crippen LogP contribution < -0.4 is 5.32 Å². The average molecular weight is 171 g/mol. The maximum absolute atomic E-state index is 5.40. The summed E-state index contributed by atoms with van der Waals surface area (Å²) in [5.74, 6) is 0. The molecule has 0 unspecified atom stereocenters. The molecule has 0 aliphatic rings. The van der Waals surface area contributed by atoms with Gasteiger partial charge in [0.2, 0.25) is 0 Å². The van der Waals surface area contributed by atoms with Crippen LogP contribution in [-0.2, 0) is 4.74 Å². The Morgan fingerprint density at radius 3 is 2.75 bits per heavy atom. The lowest BCUT2D eigenvalue weighted by Gasteiger charge is -2.06. The lowest BCUT2D eigenvalue weighted by molar-refractivity contribution is 0.0761. The van der Waals surface area contributed by atoms with Crippen LogP contribution in [0.5, 0.6) is 0 Å². The van der Waals surface area contributed by atoms with E-state index in [-0.39, 0.29) is 0 Å². The topological polar surface area (TPSA) is 21.3 Å². The first-order valence-corrected chi connectivity index (χ1v) is 4.70. The van der Waals surface area contributed by atoms with Crippen molar-refractivity contribution in [3.05, 3.63) is 12.7 Å². The molecular formula is C10H21NO. The third-order valence-corrected chi connectivity index (χ3v) is 1.49. The predicted octanol–water partition coefficient (Wildman–Crippen LogP) is 1.97. The average Bonchev–Trinajstić information content (AvgIpc) is 2.02. The van der Waals surface area contributed by atoms with Crippen LogP contribution in [0.1, 0.15) is 26.7 Å². The zero-order chi connectivity index (χ0) is 9.23. The molecule has 2 heteroatoms. The fourth-order valence-corrected chi connectivity index (χ4v) is 0.875. The van der Waals surface area contributed by atoms with E-state index in [0.717, 1.165) is 26.1 Å². The summed E-state index contributed by atoms with van der Waals surface area (Å²) in [7, 11) is 0. The van der Waals surface area contributed by atoms with Crippen molar-refractivity contribution in [1.29, 1.82) is 0 Å². The Labute approximate surface area is 76.0 Å². The smallest absolute Gasteiger partial charge is 0.0518 e. The van der Waals surface area contributed by atoms with Crippen molar-refractivity contribution in [2.75, 3.05) is 19.7 Å². The maximum atomic E-state index is 5.40. The van der Waals surface area contributed by atoms with Crippen molar-refractivity contribution < 1.29 is 4.74 Å². The third-order valence-electron chi connectivity index (χ3n) is 1.49. The molecule has 72 valence electrons. The van der Waals surface area contributed by atoms with Crippen LogP contribution in [0.4, 0.5) is 0 Å². The standard InChI is InChI=1S/C10H21NO/c1-4-7-11-8-5-6-9-12-10(2)3/h4,10-11H,1,5-9H2,2-3H3. The van der Waals surface area contributed by atoms with Gasteiger partial charge in [-0.05, 0) is 33.2 Å². The quantitative estimate of drug-likeness (QED) is 0.445. The van der Waals surface area contributed by atoms with Gasteiger partial charge in [0, 0.05) is 13.2 Å². The maximum Gasteiger partial charge on any atom is 0.0518 e. The Hall–Kier alpha value is -0.340. The van der Waals surface area contributed by atoms with Crippen molar-refractivity contribution in [3.8, 4) is 0 Å². The highest BCUT2D eigenvalue weighted by Crippen LogP contribution is 1.92. The molecule has 0 aliphatic heterocycles. The molecule has 0 saturated heterocycles. The molecule has 0 atom stereocenters. The van der Waals surface area contributed by atoms with Gasteiger partial charge in [-0.25, -0.2) is 0 Å². The molecule has 0 saturated carbocycles. The third kappa shape index (κ3) is 9.66. The molecule has 1 N–H and O–H groups in total. The number of unbranched alkanes of at least 4 members (excludes halogenated alkanes) is 1. The molecule has 0 aromatic carbocycles. The van der Waals surface area contributed by atoms with Gasteiger partial charge in [-0.1, -0.05) is 6.08 Å². The molecule has 0 amide bonds. The molecule has 2 nitrogen and oxygen atoms in total. The molecule has 0 aromatic heterocycles. The van der Waals surface area contributed by atoms with Gasteiger partial charge in [0.15, 0.2) is 0 Å². The van der Waals surface area contributed by atoms with Crippen molar-refractivity contribution in [2.24, 2.45) is 0 Å². The van der Waals surface area contributed by atoms with Gasteiger partial charge in [-0.15, -0.1) is 6.58 Å². The molecule has 0 fully saturated rings. The summed E-state index contributed by atoms with van der Waals surface area (Å²) in [6.07, 6.45) is 4.57.